The molecule has 2 rings (SSSR count). The highest BCUT2D eigenvalue weighted by molar-refractivity contribution is 6.35. The van der Waals surface area contributed by atoms with Crippen LogP contribution in [0.2, 0.25) is 5.02 Å². The lowest BCUT2D eigenvalue weighted by Crippen LogP contribution is -2.03. The van der Waals surface area contributed by atoms with Gasteiger partial charge in [0, 0.05) is 16.5 Å². The van der Waals surface area contributed by atoms with E-state index >= 15 is 0 Å². The number of benzene rings is 1. The van der Waals surface area contributed by atoms with E-state index in [1.165, 1.54) is 13.3 Å². The number of hydrogen-bond acceptors (Lipinski definition) is 4. The standard InChI is InChI=1S/C12H9ClN4O2/c1-6-3-7-10(16-17-14)8(12(18)19-2)5-15-11(7)9(13)4-6/h3-5H,1-2H3. The van der Waals surface area contributed by atoms with Gasteiger partial charge in [0.2, 0.25) is 0 Å². The van der Waals surface area contributed by atoms with E-state index in [-0.39, 0.29) is 11.3 Å². The van der Waals surface area contributed by atoms with Gasteiger partial charge in [0.05, 0.1) is 28.9 Å². The molecule has 0 aliphatic carbocycles. The second-order valence-electron chi connectivity index (χ2n) is 3.84. The number of methoxy groups -OCH3 is 1. The predicted octanol–water partition coefficient (Wildman–Crippen LogP) is 3.93. The van der Waals surface area contributed by atoms with Crippen LogP contribution in [-0.2, 0) is 4.74 Å². The van der Waals surface area contributed by atoms with E-state index in [4.69, 9.17) is 17.1 Å². The summed E-state index contributed by atoms with van der Waals surface area (Å²) < 4.78 is 4.64. The van der Waals surface area contributed by atoms with Gasteiger partial charge >= 0.3 is 5.97 Å². The first-order valence-corrected chi connectivity index (χ1v) is 5.68. The van der Waals surface area contributed by atoms with E-state index in [1.54, 1.807) is 12.1 Å². The molecule has 2 aromatic rings. The molecule has 1 aromatic carbocycles. The molecule has 0 aliphatic rings. The van der Waals surface area contributed by atoms with Gasteiger partial charge in [-0.3, -0.25) is 4.98 Å². The van der Waals surface area contributed by atoms with E-state index in [1.807, 2.05) is 6.92 Å². The molecule has 96 valence electrons. The number of fused-ring (bicyclic) bond motifs is 1. The van der Waals surface area contributed by atoms with Gasteiger partial charge in [-0.25, -0.2) is 4.79 Å². The van der Waals surface area contributed by atoms with Crippen LogP contribution < -0.4 is 0 Å². The second-order valence-corrected chi connectivity index (χ2v) is 4.25. The summed E-state index contributed by atoms with van der Waals surface area (Å²) in [5.74, 6) is -0.616. The summed E-state index contributed by atoms with van der Waals surface area (Å²) in [7, 11) is 1.25. The molecule has 0 amide bonds. The van der Waals surface area contributed by atoms with Crippen LogP contribution in [0.4, 0.5) is 5.69 Å². The second kappa shape index (κ2) is 5.14. The van der Waals surface area contributed by atoms with Gasteiger partial charge in [-0.2, -0.15) is 0 Å². The van der Waals surface area contributed by atoms with Crippen molar-refractivity contribution in [2.45, 2.75) is 6.92 Å². The summed E-state index contributed by atoms with van der Waals surface area (Å²) in [6, 6.07) is 3.50. The van der Waals surface area contributed by atoms with Crippen LogP contribution in [0.15, 0.2) is 23.4 Å². The van der Waals surface area contributed by atoms with Crippen LogP contribution in [0.1, 0.15) is 15.9 Å². The maximum absolute atomic E-state index is 11.6. The summed E-state index contributed by atoms with van der Waals surface area (Å²) in [6.45, 7) is 1.84. The van der Waals surface area contributed by atoms with Crippen molar-refractivity contribution in [3.8, 4) is 0 Å². The third-order valence-corrected chi connectivity index (χ3v) is 2.88. The minimum Gasteiger partial charge on any atom is -0.465 e. The molecular formula is C12H9ClN4O2. The molecular weight excluding hydrogens is 268 g/mol. The SMILES string of the molecule is COC(=O)c1cnc2c(Cl)cc(C)cc2c1N=[N+]=[N-]. The minimum atomic E-state index is -0.616. The Bertz CT molecular complexity index is 723. The van der Waals surface area contributed by atoms with Crippen molar-refractivity contribution < 1.29 is 9.53 Å². The normalized spacial score (nSPS) is 10.1. The topological polar surface area (TPSA) is 88.0 Å². The number of halogens is 1. The zero-order chi connectivity index (χ0) is 14.0. The molecule has 0 saturated carbocycles. The number of carbonyl (C=O) groups is 1. The number of hydrogen-bond donors (Lipinski definition) is 0. The van der Waals surface area contributed by atoms with Gasteiger partial charge < -0.3 is 4.74 Å². The Labute approximate surface area is 113 Å². The maximum Gasteiger partial charge on any atom is 0.339 e. The van der Waals surface area contributed by atoms with Crippen LogP contribution >= 0.6 is 11.6 Å². The van der Waals surface area contributed by atoms with Gasteiger partial charge in [0.15, 0.2) is 0 Å². The van der Waals surface area contributed by atoms with Crippen molar-refractivity contribution in [2.75, 3.05) is 7.11 Å². The van der Waals surface area contributed by atoms with Gasteiger partial charge in [-0.1, -0.05) is 16.7 Å². The fourth-order valence-corrected chi connectivity index (χ4v) is 2.12. The largest absolute Gasteiger partial charge is 0.465 e. The molecule has 0 N–H and O–H groups in total. The van der Waals surface area contributed by atoms with Crippen molar-refractivity contribution >= 4 is 34.2 Å². The Kier molecular flexibility index (Phi) is 3.55. The lowest BCUT2D eigenvalue weighted by Gasteiger charge is -2.08. The summed E-state index contributed by atoms with van der Waals surface area (Å²) in [4.78, 5) is 18.5. The Morgan fingerprint density at radius 2 is 2.26 bits per heavy atom. The molecule has 1 heterocycles. The van der Waals surface area contributed by atoms with Crippen LogP contribution in [-0.4, -0.2) is 18.1 Å². The molecule has 0 unspecified atom stereocenters. The molecule has 0 saturated heterocycles. The van der Waals surface area contributed by atoms with E-state index in [0.29, 0.717) is 15.9 Å². The molecule has 0 atom stereocenters. The summed E-state index contributed by atoms with van der Waals surface area (Å²) in [5, 5.41) is 4.52. The van der Waals surface area contributed by atoms with Crippen LogP contribution in [0, 0.1) is 6.92 Å². The van der Waals surface area contributed by atoms with Crippen molar-refractivity contribution in [3.05, 3.63) is 44.9 Å². The first-order valence-electron chi connectivity index (χ1n) is 5.30. The number of ether oxygens (including phenoxy) is 1. The van der Waals surface area contributed by atoms with E-state index in [9.17, 15) is 4.79 Å². The molecule has 19 heavy (non-hydrogen) atoms. The van der Waals surface area contributed by atoms with E-state index < -0.39 is 5.97 Å². The number of nitrogens with zero attached hydrogens (tertiary/aromatic N) is 4. The first-order chi connectivity index (χ1) is 9.08. The monoisotopic (exact) mass is 276 g/mol. The lowest BCUT2D eigenvalue weighted by atomic mass is 10.1. The maximum atomic E-state index is 11.6. The van der Waals surface area contributed by atoms with Crippen LogP contribution in [0.5, 0.6) is 0 Å². The Balaban J connectivity index is 2.91. The lowest BCUT2D eigenvalue weighted by molar-refractivity contribution is 0.0601. The van der Waals surface area contributed by atoms with Crippen molar-refractivity contribution in [2.24, 2.45) is 5.11 Å². The zero-order valence-corrected chi connectivity index (χ0v) is 11.0. The highest BCUT2D eigenvalue weighted by Gasteiger charge is 2.16. The number of aryl methyl sites for hydroxylation is 1. The number of pyridine rings is 1. The third-order valence-electron chi connectivity index (χ3n) is 2.59. The number of aromatic nitrogens is 1. The highest BCUT2D eigenvalue weighted by atomic mass is 35.5. The minimum absolute atomic E-state index is 0.106. The quantitative estimate of drug-likeness (QED) is 0.360. The molecule has 1 aromatic heterocycles. The fraction of sp³-hybridized carbons (Fsp3) is 0.167. The third kappa shape index (κ3) is 2.31. The highest BCUT2D eigenvalue weighted by Crippen LogP contribution is 2.33. The number of rotatable bonds is 2. The molecule has 0 spiro atoms. The summed E-state index contributed by atoms with van der Waals surface area (Å²) in [5.41, 5.74) is 10.3. The Hall–Kier alpha value is -2.30. The smallest absolute Gasteiger partial charge is 0.339 e. The van der Waals surface area contributed by atoms with Crippen molar-refractivity contribution in [3.63, 3.8) is 0 Å². The van der Waals surface area contributed by atoms with Gasteiger partial charge in [0.1, 0.15) is 0 Å². The molecule has 0 fully saturated rings. The number of esters is 1. The first kappa shape index (κ1) is 13.1. The number of azide groups is 1. The Morgan fingerprint density at radius 1 is 1.53 bits per heavy atom. The summed E-state index contributed by atoms with van der Waals surface area (Å²) >= 11 is 6.09. The zero-order valence-electron chi connectivity index (χ0n) is 10.2. The van der Waals surface area contributed by atoms with Crippen molar-refractivity contribution in [1.29, 1.82) is 0 Å². The van der Waals surface area contributed by atoms with Crippen molar-refractivity contribution in [1.82, 2.24) is 4.98 Å². The molecule has 0 radical (unpaired) electrons. The average molecular weight is 277 g/mol. The van der Waals surface area contributed by atoms with E-state index in [0.717, 1.165) is 5.56 Å². The van der Waals surface area contributed by atoms with Gasteiger partial charge in [0.25, 0.3) is 0 Å². The Morgan fingerprint density at radius 3 is 2.89 bits per heavy atom. The fourth-order valence-electron chi connectivity index (χ4n) is 1.79. The van der Waals surface area contributed by atoms with Crippen LogP contribution in [0.3, 0.4) is 0 Å². The average Bonchev–Trinajstić information content (AvgIpc) is 2.38. The predicted molar refractivity (Wildman–Crippen MR) is 71.6 cm³/mol. The molecule has 0 bridgehead atoms. The number of carbonyl (C=O) groups excluding carboxylic acids is 1. The van der Waals surface area contributed by atoms with Gasteiger partial charge in [-0.15, -0.1) is 0 Å². The van der Waals surface area contributed by atoms with Crippen LogP contribution in [0.25, 0.3) is 21.3 Å². The summed E-state index contributed by atoms with van der Waals surface area (Å²) in [6.07, 6.45) is 1.29. The molecule has 7 heteroatoms. The molecule has 6 nitrogen and oxygen atoms in total. The van der Waals surface area contributed by atoms with E-state index in [2.05, 4.69) is 19.7 Å². The molecule has 0 aliphatic heterocycles. The van der Waals surface area contributed by atoms with Gasteiger partial charge in [-0.05, 0) is 30.2 Å².